The van der Waals surface area contributed by atoms with E-state index in [1.807, 2.05) is 12.1 Å². The third-order valence-electron chi connectivity index (χ3n) is 1.45. The molecule has 0 atom stereocenters. The predicted molar refractivity (Wildman–Crippen MR) is 38.8 cm³/mol. The SMILES string of the molecule is FCc1nc2ccccc2o1. The molecule has 2 aromatic rings. The molecule has 1 aromatic carbocycles. The Hall–Kier alpha value is -1.38. The lowest BCUT2D eigenvalue weighted by Gasteiger charge is -1.80. The molecule has 0 aliphatic rings. The molecule has 0 radical (unpaired) electrons. The summed E-state index contributed by atoms with van der Waals surface area (Å²) in [6.07, 6.45) is 0. The molecule has 0 spiro atoms. The fourth-order valence-electron chi connectivity index (χ4n) is 0.977. The maximum Gasteiger partial charge on any atom is 0.226 e. The molecule has 0 fully saturated rings. The highest BCUT2D eigenvalue weighted by molar-refractivity contribution is 5.71. The first-order valence-electron chi connectivity index (χ1n) is 3.30. The highest BCUT2D eigenvalue weighted by Crippen LogP contribution is 2.14. The van der Waals surface area contributed by atoms with Crippen LogP contribution < -0.4 is 0 Å². The summed E-state index contributed by atoms with van der Waals surface area (Å²) < 4.78 is 17.0. The predicted octanol–water partition coefficient (Wildman–Crippen LogP) is 2.30. The van der Waals surface area contributed by atoms with E-state index in [4.69, 9.17) is 4.42 Å². The van der Waals surface area contributed by atoms with Crippen LogP contribution in [0.2, 0.25) is 0 Å². The van der Waals surface area contributed by atoms with Gasteiger partial charge in [0.1, 0.15) is 5.52 Å². The number of aromatic nitrogens is 1. The van der Waals surface area contributed by atoms with Gasteiger partial charge in [-0.15, -0.1) is 0 Å². The molecule has 56 valence electrons. The maximum atomic E-state index is 12.0. The number of halogens is 1. The van der Waals surface area contributed by atoms with Gasteiger partial charge in [0, 0.05) is 0 Å². The maximum absolute atomic E-state index is 12.0. The zero-order valence-corrected chi connectivity index (χ0v) is 5.75. The Morgan fingerprint density at radius 2 is 2.18 bits per heavy atom. The molecule has 0 N–H and O–H groups in total. The van der Waals surface area contributed by atoms with Gasteiger partial charge in [-0.1, -0.05) is 12.1 Å². The van der Waals surface area contributed by atoms with Crippen molar-refractivity contribution in [2.75, 3.05) is 0 Å². The van der Waals surface area contributed by atoms with Crippen LogP contribution in [0.25, 0.3) is 11.1 Å². The molecule has 3 heteroatoms. The number of hydrogen-bond acceptors (Lipinski definition) is 2. The van der Waals surface area contributed by atoms with E-state index in [2.05, 4.69) is 4.98 Å². The minimum atomic E-state index is -0.644. The minimum absolute atomic E-state index is 0.145. The molecule has 0 amide bonds. The third-order valence-corrected chi connectivity index (χ3v) is 1.45. The summed E-state index contributed by atoms with van der Waals surface area (Å²) >= 11 is 0. The first-order valence-corrected chi connectivity index (χ1v) is 3.30. The zero-order valence-electron chi connectivity index (χ0n) is 5.75. The van der Waals surface area contributed by atoms with Crippen LogP contribution in [-0.2, 0) is 6.67 Å². The monoisotopic (exact) mass is 151 g/mol. The van der Waals surface area contributed by atoms with E-state index in [1.165, 1.54) is 0 Å². The van der Waals surface area contributed by atoms with E-state index in [-0.39, 0.29) is 5.89 Å². The van der Waals surface area contributed by atoms with Crippen molar-refractivity contribution in [2.45, 2.75) is 6.67 Å². The number of fused-ring (bicyclic) bond motifs is 1. The van der Waals surface area contributed by atoms with E-state index in [0.717, 1.165) is 0 Å². The largest absolute Gasteiger partial charge is 0.438 e. The molecule has 0 aliphatic heterocycles. The van der Waals surface area contributed by atoms with Crippen molar-refractivity contribution in [3.8, 4) is 0 Å². The van der Waals surface area contributed by atoms with E-state index >= 15 is 0 Å². The summed E-state index contributed by atoms with van der Waals surface area (Å²) in [5, 5.41) is 0. The standard InChI is InChI=1S/C8H6FNO/c9-5-8-10-6-3-1-2-4-7(6)11-8/h1-4H,5H2. The molecule has 0 saturated carbocycles. The minimum Gasteiger partial charge on any atom is -0.438 e. The molecule has 0 saturated heterocycles. The Kier molecular flexibility index (Phi) is 1.35. The molecule has 0 aliphatic carbocycles. The zero-order chi connectivity index (χ0) is 7.68. The lowest BCUT2D eigenvalue weighted by atomic mass is 10.3. The summed E-state index contributed by atoms with van der Waals surface area (Å²) in [4.78, 5) is 3.89. The lowest BCUT2D eigenvalue weighted by Crippen LogP contribution is -1.73. The average Bonchev–Trinajstić information content (AvgIpc) is 2.46. The van der Waals surface area contributed by atoms with Crippen molar-refractivity contribution in [3.63, 3.8) is 0 Å². The normalized spacial score (nSPS) is 10.6. The summed E-state index contributed by atoms with van der Waals surface area (Å²) in [7, 11) is 0. The number of oxazole rings is 1. The fourth-order valence-corrected chi connectivity index (χ4v) is 0.977. The highest BCUT2D eigenvalue weighted by atomic mass is 19.1. The van der Waals surface area contributed by atoms with Crippen LogP contribution in [0.3, 0.4) is 0 Å². The van der Waals surface area contributed by atoms with Gasteiger partial charge < -0.3 is 4.42 Å². The summed E-state index contributed by atoms with van der Waals surface area (Å²) in [6, 6.07) is 7.22. The first kappa shape index (κ1) is 6.34. The van der Waals surface area contributed by atoms with Crippen LogP contribution >= 0.6 is 0 Å². The lowest BCUT2D eigenvalue weighted by molar-refractivity contribution is 0.393. The summed E-state index contributed by atoms with van der Waals surface area (Å²) in [6.45, 7) is -0.644. The van der Waals surface area contributed by atoms with Gasteiger partial charge in [0.25, 0.3) is 0 Å². The van der Waals surface area contributed by atoms with Gasteiger partial charge in [0.15, 0.2) is 12.3 Å². The number of rotatable bonds is 1. The van der Waals surface area contributed by atoms with Crippen molar-refractivity contribution in [1.29, 1.82) is 0 Å². The van der Waals surface area contributed by atoms with Crippen molar-refractivity contribution in [3.05, 3.63) is 30.2 Å². The van der Waals surface area contributed by atoms with Gasteiger partial charge in [-0.05, 0) is 12.1 Å². The number of para-hydroxylation sites is 2. The molecule has 2 rings (SSSR count). The molecule has 0 unspecified atom stereocenters. The fraction of sp³-hybridized carbons (Fsp3) is 0.125. The van der Waals surface area contributed by atoms with Gasteiger partial charge in [0.2, 0.25) is 5.89 Å². The number of nitrogens with zero attached hydrogens (tertiary/aromatic N) is 1. The third kappa shape index (κ3) is 0.981. The van der Waals surface area contributed by atoms with Crippen LogP contribution in [-0.4, -0.2) is 4.98 Å². The van der Waals surface area contributed by atoms with Crippen LogP contribution in [0.4, 0.5) is 4.39 Å². The number of hydrogen-bond donors (Lipinski definition) is 0. The highest BCUT2D eigenvalue weighted by Gasteiger charge is 2.02. The van der Waals surface area contributed by atoms with Crippen molar-refractivity contribution in [2.24, 2.45) is 0 Å². The Morgan fingerprint density at radius 1 is 1.36 bits per heavy atom. The topological polar surface area (TPSA) is 26.0 Å². The van der Waals surface area contributed by atoms with E-state index in [1.54, 1.807) is 12.1 Å². The second kappa shape index (κ2) is 2.34. The second-order valence-electron chi connectivity index (χ2n) is 2.21. The second-order valence-corrected chi connectivity index (χ2v) is 2.21. The van der Waals surface area contributed by atoms with Gasteiger partial charge in [-0.25, -0.2) is 9.37 Å². The Balaban J connectivity index is 2.69. The van der Waals surface area contributed by atoms with Crippen LogP contribution in [0.5, 0.6) is 0 Å². The molecular formula is C8H6FNO. The molecule has 0 bridgehead atoms. The number of benzene rings is 1. The first-order chi connectivity index (χ1) is 5.40. The Morgan fingerprint density at radius 3 is 2.91 bits per heavy atom. The van der Waals surface area contributed by atoms with Gasteiger partial charge >= 0.3 is 0 Å². The molecular weight excluding hydrogens is 145 g/mol. The Labute approximate surface area is 62.7 Å². The van der Waals surface area contributed by atoms with Crippen LogP contribution in [0, 0.1) is 0 Å². The van der Waals surface area contributed by atoms with E-state index in [9.17, 15) is 4.39 Å². The number of alkyl halides is 1. The Bertz CT molecular complexity index is 336. The smallest absolute Gasteiger partial charge is 0.226 e. The van der Waals surface area contributed by atoms with E-state index in [0.29, 0.717) is 11.1 Å². The summed E-state index contributed by atoms with van der Waals surface area (Å²) in [5.41, 5.74) is 1.35. The van der Waals surface area contributed by atoms with Crippen molar-refractivity contribution < 1.29 is 8.81 Å². The van der Waals surface area contributed by atoms with Crippen LogP contribution in [0.15, 0.2) is 28.7 Å². The van der Waals surface area contributed by atoms with Gasteiger partial charge in [0.05, 0.1) is 0 Å². The summed E-state index contributed by atoms with van der Waals surface area (Å²) in [5.74, 6) is 0.145. The molecule has 1 heterocycles. The van der Waals surface area contributed by atoms with Gasteiger partial charge in [-0.3, -0.25) is 0 Å². The quantitative estimate of drug-likeness (QED) is 0.625. The van der Waals surface area contributed by atoms with Crippen LogP contribution in [0.1, 0.15) is 5.89 Å². The van der Waals surface area contributed by atoms with Crippen molar-refractivity contribution in [1.82, 2.24) is 4.98 Å². The molecule has 2 nitrogen and oxygen atoms in total. The molecule has 11 heavy (non-hydrogen) atoms. The van der Waals surface area contributed by atoms with Crippen molar-refractivity contribution >= 4 is 11.1 Å². The average molecular weight is 151 g/mol. The molecule has 1 aromatic heterocycles. The van der Waals surface area contributed by atoms with Gasteiger partial charge in [-0.2, -0.15) is 0 Å². The van der Waals surface area contributed by atoms with E-state index < -0.39 is 6.67 Å².